The van der Waals surface area contributed by atoms with E-state index in [-0.39, 0.29) is 0 Å². The zero-order chi connectivity index (χ0) is 17.1. The van der Waals surface area contributed by atoms with Crippen molar-refractivity contribution in [2.45, 2.75) is 26.2 Å². The van der Waals surface area contributed by atoms with Crippen molar-refractivity contribution in [2.24, 2.45) is 10.9 Å². The van der Waals surface area contributed by atoms with Crippen LogP contribution in [0, 0.1) is 5.92 Å². The molecular formula is C17H23NO5. The van der Waals surface area contributed by atoms with Gasteiger partial charge in [0, 0.05) is 6.21 Å². The fraction of sp³-hybridized carbons (Fsp3) is 0.471. The summed E-state index contributed by atoms with van der Waals surface area (Å²) in [5.74, 6) is -1.83. The third-order valence-corrected chi connectivity index (χ3v) is 3.14. The maximum absolute atomic E-state index is 11.5. The number of methoxy groups -OCH3 is 2. The molecule has 23 heavy (non-hydrogen) atoms. The highest BCUT2D eigenvalue weighted by Gasteiger charge is 2.26. The maximum atomic E-state index is 11.5. The summed E-state index contributed by atoms with van der Waals surface area (Å²) in [5, 5.41) is 0. The Morgan fingerprint density at radius 3 is 2.22 bits per heavy atom. The number of hydrogen-bond donors (Lipinski definition) is 0. The first kappa shape index (κ1) is 18.7. The van der Waals surface area contributed by atoms with Gasteiger partial charge in [-0.15, -0.1) is 0 Å². The van der Waals surface area contributed by atoms with Gasteiger partial charge in [0.05, 0.1) is 26.5 Å². The van der Waals surface area contributed by atoms with Crippen molar-refractivity contribution < 1.29 is 23.8 Å². The SMILES string of the molecule is CCCCCOc1ccc(N=CC(C(=O)OC)C(=O)OC)cc1. The minimum absolute atomic E-state index is 0.601. The first-order valence-electron chi connectivity index (χ1n) is 7.55. The van der Waals surface area contributed by atoms with Crippen molar-refractivity contribution in [1.82, 2.24) is 0 Å². The molecule has 0 fully saturated rings. The summed E-state index contributed by atoms with van der Waals surface area (Å²) >= 11 is 0. The van der Waals surface area contributed by atoms with E-state index < -0.39 is 17.9 Å². The van der Waals surface area contributed by atoms with Crippen LogP contribution in [0.3, 0.4) is 0 Å². The minimum Gasteiger partial charge on any atom is -0.494 e. The lowest BCUT2D eigenvalue weighted by molar-refractivity contribution is -0.154. The smallest absolute Gasteiger partial charge is 0.325 e. The van der Waals surface area contributed by atoms with Crippen molar-refractivity contribution in [2.75, 3.05) is 20.8 Å². The van der Waals surface area contributed by atoms with E-state index in [0.717, 1.165) is 25.0 Å². The third-order valence-electron chi connectivity index (χ3n) is 3.14. The van der Waals surface area contributed by atoms with E-state index in [2.05, 4.69) is 21.4 Å². The predicted molar refractivity (Wildman–Crippen MR) is 87.1 cm³/mol. The molecule has 0 bridgehead atoms. The highest BCUT2D eigenvalue weighted by atomic mass is 16.5. The largest absolute Gasteiger partial charge is 0.494 e. The molecule has 1 aromatic carbocycles. The quantitative estimate of drug-likeness (QED) is 0.302. The molecule has 0 aliphatic heterocycles. The highest BCUT2D eigenvalue weighted by molar-refractivity contribution is 6.09. The monoisotopic (exact) mass is 321 g/mol. The van der Waals surface area contributed by atoms with Crippen LogP contribution in [0.25, 0.3) is 0 Å². The molecule has 0 N–H and O–H groups in total. The van der Waals surface area contributed by atoms with Crippen LogP contribution >= 0.6 is 0 Å². The van der Waals surface area contributed by atoms with Crippen LogP contribution in [0.15, 0.2) is 29.3 Å². The Morgan fingerprint density at radius 2 is 1.70 bits per heavy atom. The van der Waals surface area contributed by atoms with Crippen molar-refractivity contribution in [3.05, 3.63) is 24.3 Å². The topological polar surface area (TPSA) is 74.2 Å². The summed E-state index contributed by atoms with van der Waals surface area (Å²) in [4.78, 5) is 27.2. The normalized spacial score (nSPS) is 10.8. The van der Waals surface area contributed by atoms with Gasteiger partial charge in [-0.25, -0.2) is 0 Å². The Morgan fingerprint density at radius 1 is 1.09 bits per heavy atom. The molecule has 0 amide bonds. The van der Waals surface area contributed by atoms with Crippen LogP contribution in [0.1, 0.15) is 26.2 Å². The summed E-state index contributed by atoms with van der Waals surface area (Å²) in [6.07, 6.45) is 4.54. The lowest BCUT2D eigenvalue weighted by Crippen LogP contribution is -2.27. The van der Waals surface area contributed by atoms with Gasteiger partial charge in [-0.1, -0.05) is 19.8 Å². The van der Waals surface area contributed by atoms with Gasteiger partial charge in [0.2, 0.25) is 0 Å². The number of benzene rings is 1. The van der Waals surface area contributed by atoms with Gasteiger partial charge in [-0.2, -0.15) is 0 Å². The Balaban J connectivity index is 2.64. The number of carbonyl (C=O) groups is 2. The van der Waals surface area contributed by atoms with Crippen LogP contribution in [0.4, 0.5) is 5.69 Å². The number of hydrogen-bond acceptors (Lipinski definition) is 6. The van der Waals surface area contributed by atoms with Gasteiger partial charge in [-0.05, 0) is 30.7 Å². The lowest BCUT2D eigenvalue weighted by atomic mass is 10.2. The molecule has 0 radical (unpaired) electrons. The molecular weight excluding hydrogens is 298 g/mol. The van der Waals surface area contributed by atoms with Gasteiger partial charge in [0.15, 0.2) is 5.92 Å². The lowest BCUT2D eigenvalue weighted by Gasteiger charge is -2.07. The second-order valence-electron chi connectivity index (χ2n) is 4.85. The van der Waals surface area contributed by atoms with Crippen LogP contribution in [0.2, 0.25) is 0 Å². The first-order chi connectivity index (χ1) is 11.1. The molecule has 0 aromatic heterocycles. The molecule has 0 aliphatic carbocycles. The van der Waals surface area contributed by atoms with Crippen LogP contribution in [0.5, 0.6) is 5.75 Å². The number of nitrogens with zero attached hydrogens (tertiary/aromatic N) is 1. The van der Waals surface area contributed by atoms with Crippen LogP contribution in [-0.4, -0.2) is 39.0 Å². The fourth-order valence-electron chi connectivity index (χ4n) is 1.80. The van der Waals surface area contributed by atoms with Crippen molar-refractivity contribution in [3.8, 4) is 5.75 Å². The number of rotatable bonds is 9. The highest BCUT2D eigenvalue weighted by Crippen LogP contribution is 2.18. The van der Waals surface area contributed by atoms with E-state index in [9.17, 15) is 9.59 Å². The second kappa shape index (κ2) is 10.4. The zero-order valence-corrected chi connectivity index (χ0v) is 13.8. The zero-order valence-electron chi connectivity index (χ0n) is 13.8. The van der Waals surface area contributed by atoms with Crippen molar-refractivity contribution in [3.63, 3.8) is 0 Å². The van der Waals surface area contributed by atoms with E-state index >= 15 is 0 Å². The first-order valence-corrected chi connectivity index (χ1v) is 7.55. The molecule has 0 aliphatic rings. The van der Waals surface area contributed by atoms with E-state index in [1.54, 1.807) is 24.3 Å². The molecule has 0 saturated heterocycles. The van der Waals surface area contributed by atoms with E-state index in [4.69, 9.17) is 4.74 Å². The molecule has 126 valence electrons. The van der Waals surface area contributed by atoms with E-state index in [1.165, 1.54) is 20.4 Å². The van der Waals surface area contributed by atoms with E-state index in [1.807, 2.05) is 0 Å². The van der Waals surface area contributed by atoms with Crippen LogP contribution < -0.4 is 4.74 Å². The molecule has 1 aromatic rings. The molecule has 1 rings (SSSR count). The molecule has 0 atom stereocenters. The van der Waals surface area contributed by atoms with E-state index in [0.29, 0.717) is 12.3 Å². The number of carbonyl (C=O) groups excluding carboxylic acids is 2. The number of unbranched alkanes of at least 4 members (excludes halogenated alkanes) is 2. The van der Waals surface area contributed by atoms with Gasteiger partial charge in [-0.3, -0.25) is 14.6 Å². The number of aliphatic imine (C=N–C) groups is 1. The predicted octanol–water partition coefficient (Wildman–Crippen LogP) is 2.92. The summed E-state index contributed by atoms with van der Waals surface area (Å²) in [6, 6.07) is 7.09. The Kier molecular flexibility index (Phi) is 8.42. The van der Waals surface area contributed by atoms with Gasteiger partial charge >= 0.3 is 11.9 Å². The van der Waals surface area contributed by atoms with Gasteiger partial charge in [0.25, 0.3) is 0 Å². The molecule has 0 heterocycles. The second-order valence-corrected chi connectivity index (χ2v) is 4.85. The Hall–Kier alpha value is -2.37. The summed E-state index contributed by atoms with van der Waals surface area (Å²) in [6.45, 7) is 2.83. The van der Waals surface area contributed by atoms with Crippen molar-refractivity contribution in [1.29, 1.82) is 0 Å². The molecule has 6 nitrogen and oxygen atoms in total. The molecule has 0 spiro atoms. The molecule has 0 unspecified atom stereocenters. The third kappa shape index (κ3) is 6.50. The Labute approximate surface area is 136 Å². The van der Waals surface area contributed by atoms with Gasteiger partial charge < -0.3 is 14.2 Å². The van der Waals surface area contributed by atoms with Crippen molar-refractivity contribution >= 4 is 23.8 Å². The average Bonchev–Trinajstić information content (AvgIpc) is 2.59. The maximum Gasteiger partial charge on any atom is 0.325 e. The summed E-state index contributed by atoms with van der Waals surface area (Å²) in [5.41, 5.74) is 0.601. The van der Waals surface area contributed by atoms with Gasteiger partial charge in [0.1, 0.15) is 5.75 Å². The minimum atomic E-state index is -1.17. The molecule has 0 saturated carbocycles. The van der Waals surface area contributed by atoms with Crippen LogP contribution in [-0.2, 0) is 19.1 Å². The number of esters is 2. The molecule has 6 heteroatoms. The number of ether oxygens (including phenoxy) is 3. The Bertz CT molecular complexity index is 508. The standard InChI is InChI=1S/C17H23NO5/c1-4-5-6-11-23-14-9-7-13(8-10-14)18-12-15(16(19)21-2)17(20)22-3/h7-10,12,15H,4-6,11H2,1-3H3. The average molecular weight is 321 g/mol. The summed E-state index contributed by atoms with van der Waals surface area (Å²) < 4.78 is 14.7. The summed E-state index contributed by atoms with van der Waals surface area (Å²) in [7, 11) is 2.41. The fourth-order valence-corrected chi connectivity index (χ4v) is 1.80.